The lowest BCUT2D eigenvalue weighted by Gasteiger charge is -2.38. The van der Waals surface area contributed by atoms with Crippen molar-refractivity contribution in [3.63, 3.8) is 0 Å². The van der Waals surface area contributed by atoms with Gasteiger partial charge in [0.2, 0.25) is 5.91 Å². The number of amides is 1. The lowest BCUT2D eigenvalue weighted by atomic mass is 9.84. The van der Waals surface area contributed by atoms with Crippen LogP contribution >= 0.6 is 0 Å². The van der Waals surface area contributed by atoms with Gasteiger partial charge in [-0.15, -0.1) is 0 Å². The van der Waals surface area contributed by atoms with Crippen LogP contribution in [0.1, 0.15) is 18.9 Å². The van der Waals surface area contributed by atoms with Gasteiger partial charge in [0, 0.05) is 22.6 Å². The quantitative estimate of drug-likeness (QED) is 0.358. The Balaban J connectivity index is 2.07. The zero-order valence-electron chi connectivity index (χ0n) is 18.2. The van der Waals surface area contributed by atoms with Crippen LogP contribution in [0, 0.1) is 6.92 Å². The number of hydrogen-bond donors (Lipinski definition) is 1. The predicted octanol–water partition coefficient (Wildman–Crippen LogP) is 1.06. The second kappa shape index (κ2) is 9.39. The highest BCUT2D eigenvalue weighted by Gasteiger charge is 2.54. The Labute approximate surface area is 188 Å². The van der Waals surface area contributed by atoms with Gasteiger partial charge in [-0.2, -0.15) is 0 Å². The third-order valence-corrected chi connectivity index (χ3v) is 6.75. The van der Waals surface area contributed by atoms with Crippen molar-refractivity contribution in [2.24, 2.45) is 0 Å². The first kappa shape index (κ1) is 23.9. The number of ether oxygens (including phenoxy) is 1. The molecule has 0 radical (unpaired) electrons. The molecule has 1 amide bonds. The number of sulfonamides is 1. The molecule has 1 aromatic heterocycles. The van der Waals surface area contributed by atoms with Gasteiger partial charge in [0.05, 0.1) is 6.61 Å². The van der Waals surface area contributed by atoms with Crippen LogP contribution in [0.3, 0.4) is 0 Å². The highest BCUT2D eigenvalue weighted by molar-refractivity contribution is 7.94. The summed E-state index contributed by atoms with van der Waals surface area (Å²) in [5.74, 6) is -1.47. The maximum atomic E-state index is 13.5. The highest BCUT2D eigenvalue weighted by Crippen LogP contribution is 2.40. The first-order valence-electron chi connectivity index (χ1n) is 10.3. The van der Waals surface area contributed by atoms with Gasteiger partial charge in [0.25, 0.3) is 0 Å². The minimum absolute atomic E-state index is 0.0588. The van der Waals surface area contributed by atoms with Crippen LogP contribution in [-0.4, -0.2) is 55.4 Å². The van der Waals surface area contributed by atoms with Crippen molar-refractivity contribution in [3.8, 4) is 0 Å². The smallest absolute Gasteiger partial charge is 0.412 e. The summed E-state index contributed by atoms with van der Waals surface area (Å²) < 4.78 is 37.2. The van der Waals surface area contributed by atoms with E-state index >= 15 is 0 Å². The van der Waals surface area contributed by atoms with E-state index < -0.39 is 40.5 Å². The van der Waals surface area contributed by atoms with Crippen molar-refractivity contribution in [3.05, 3.63) is 65.1 Å². The fourth-order valence-corrected chi connectivity index (χ4v) is 5.08. The summed E-state index contributed by atoms with van der Waals surface area (Å²) in [6, 6.07) is 10.2. The lowest BCUT2D eigenvalue weighted by Crippen LogP contribution is -2.54. The standard InChI is InChI=1S/C21H26BN3O6S/c1-4-31-19(26)18-14-21(20(27)25(18)22(3)28,15-24-12-6-5-7-13-24)23-32(29,30)17-10-8-16(2)9-11-17/h5-13,18,28H,4,14-15H2,1-3H3/t18-,21-/m1/s1. The molecule has 2 aromatic rings. The average molecular weight is 459 g/mol. The maximum absolute atomic E-state index is 13.5. The summed E-state index contributed by atoms with van der Waals surface area (Å²) in [6.45, 7) is 4.74. The fourth-order valence-electron chi connectivity index (χ4n) is 3.82. The van der Waals surface area contributed by atoms with E-state index in [1.165, 1.54) is 19.0 Å². The number of aryl methyl sites for hydroxylation is 1. The zero-order valence-corrected chi connectivity index (χ0v) is 19.0. The van der Waals surface area contributed by atoms with Crippen LogP contribution < -0.4 is 4.57 Å². The molecule has 9 nitrogen and oxygen atoms in total. The summed E-state index contributed by atoms with van der Waals surface area (Å²) in [5.41, 5.74) is -0.956. The lowest BCUT2D eigenvalue weighted by molar-refractivity contribution is -0.700. The van der Waals surface area contributed by atoms with Crippen molar-refractivity contribution in [1.29, 1.82) is 0 Å². The van der Waals surface area contributed by atoms with Crippen LogP contribution in [0.5, 0.6) is 0 Å². The van der Waals surface area contributed by atoms with E-state index in [9.17, 15) is 23.0 Å². The number of pyridine rings is 1. The molecule has 2 atom stereocenters. The summed E-state index contributed by atoms with van der Waals surface area (Å²) in [6.07, 6.45) is 3.10. The summed E-state index contributed by atoms with van der Waals surface area (Å²) in [7, 11) is -5.59. The van der Waals surface area contributed by atoms with E-state index in [4.69, 9.17) is 4.74 Å². The molecule has 1 aromatic carbocycles. The van der Waals surface area contributed by atoms with Crippen molar-refractivity contribution >= 4 is 29.0 Å². The molecule has 1 saturated heterocycles. The molecule has 2 heterocycles. The Morgan fingerprint density at radius 3 is 2.47 bits per heavy atom. The van der Waals surface area contributed by atoms with Gasteiger partial charge in [0.15, 0.2) is 12.4 Å². The van der Waals surface area contributed by atoms with Crippen LogP contribution in [0.2, 0.25) is 6.82 Å². The second-order valence-electron chi connectivity index (χ2n) is 7.78. The van der Waals surface area contributed by atoms with Crippen molar-refractivity contribution in [2.45, 2.75) is 50.1 Å². The van der Waals surface area contributed by atoms with Crippen LogP contribution in [0.4, 0.5) is 0 Å². The molecule has 1 aliphatic rings. The van der Waals surface area contributed by atoms with E-state index in [1.807, 2.05) is 6.92 Å². The first-order valence-corrected chi connectivity index (χ1v) is 11.7. The van der Waals surface area contributed by atoms with E-state index in [0.717, 1.165) is 10.4 Å². The van der Waals surface area contributed by atoms with E-state index in [-0.39, 0.29) is 24.5 Å². The molecule has 32 heavy (non-hydrogen) atoms. The summed E-state index contributed by atoms with van der Waals surface area (Å²) in [4.78, 5) is 27.0. The van der Waals surface area contributed by atoms with Gasteiger partial charge in [-0.25, -0.2) is 17.8 Å². The molecule has 0 aliphatic carbocycles. The topological polar surface area (TPSA) is 119 Å². The third-order valence-electron chi connectivity index (χ3n) is 5.30. The summed E-state index contributed by atoms with van der Waals surface area (Å²) in [5, 5.41) is 10.3. The molecule has 11 heteroatoms. The van der Waals surface area contributed by atoms with E-state index in [2.05, 4.69) is 4.72 Å². The van der Waals surface area contributed by atoms with Gasteiger partial charge >= 0.3 is 13.0 Å². The Morgan fingerprint density at radius 1 is 1.28 bits per heavy atom. The monoisotopic (exact) mass is 459 g/mol. The van der Waals surface area contributed by atoms with Gasteiger partial charge in [-0.05, 0) is 39.2 Å². The fraction of sp³-hybridized carbons (Fsp3) is 0.381. The van der Waals surface area contributed by atoms with Gasteiger partial charge < -0.3 is 19.3 Å². The molecule has 0 saturated carbocycles. The number of carbonyl (C=O) groups excluding carboxylic acids is 2. The zero-order chi connectivity index (χ0) is 23.5. The molecule has 0 spiro atoms. The van der Waals surface area contributed by atoms with E-state index in [1.54, 1.807) is 54.2 Å². The summed E-state index contributed by atoms with van der Waals surface area (Å²) >= 11 is 0. The Bertz CT molecular complexity index is 1080. The molecular formula is C21H26BN3O6S. The van der Waals surface area contributed by atoms with Crippen LogP contribution in [0.15, 0.2) is 59.8 Å². The molecular weight excluding hydrogens is 433 g/mol. The number of aromatic nitrogens is 1. The molecule has 1 N–H and O–H groups in total. The molecule has 1 aliphatic heterocycles. The first-order chi connectivity index (χ1) is 15.1. The minimum atomic E-state index is -4.25. The highest BCUT2D eigenvalue weighted by atomic mass is 32.2. The van der Waals surface area contributed by atoms with Crippen molar-refractivity contribution in [2.75, 3.05) is 6.61 Å². The molecule has 0 unspecified atom stereocenters. The number of rotatable bonds is 8. The van der Waals surface area contributed by atoms with Crippen LogP contribution in [-0.2, 0) is 30.9 Å². The Hall–Kier alpha value is -2.76. The number of carbonyl (C=O) groups is 2. The predicted molar refractivity (Wildman–Crippen MR) is 117 cm³/mol. The average Bonchev–Trinajstić information content (AvgIpc) is 3.01. The molecule has 170 valence electrons. The number of nitrogens with zero attached hydrogens (tertiary/aromatic N) is 3. The minimum Gasteiger partial charge on any atom is -0.526 e. The van der Waals surface area contributed by atoms with Crippen molar-refractivity contribution < 1.29 is 32.3 Å². The Morgan fingerprint density at radius 2 is 1.91 bits per heavy atom. The van der Waals surface area contributed by atoms with Gasteiger partial charge in [0.1, 0.15) is 22.6 Å². The molecule has 1 fully saturated rings. The maximum Gasteiger partial charge on any atom is 0.412 e. The second-order valence-corrected chi connectivity index (χ2v) is 9.38. The van der Waals surface area contributed by atoms with Crippen molar-refractivity contribution in [1.82, 2.24) is 4.81 Å². The van der Waals surface area contributed by atoms with Crippen LogP contribution in [0.25, 0.3) is 4.72 Å². The normalized spacial score (nSPS) is 20.9. The third kappa shape index (κ3) is 4.84. The largest absolute Gasteiger partial charge is 0.526 e. The van der Waals surface area contributed by atoms with E-state index in [0.29, 0.717) is 0 Å². The molecule has 3 rings (SSSR count). The van der Waals surface area contributed by atoms with Gasteiger partial charge in [-0.3, -0.25) is 4.79 Å². The number of hydrogen-bond acceptors (Lipinski definition) is 6. The Kier molecular flexibility index (Phi) is 7.01. The van der Waals surface area contributed by atoms with Gasteiger partial charge in [-0.1, -0.05) is 23.8 Å². The number of benzene rings is 1. The number of esters is 1. The SMILES string of the molecule is CCOC(=O)[C@H]1C[C@](C[n+]2ccccc2)([N-]S(=O)(=O)c2ccc(C)cc2)C(=O)N1B(C)O. The molecule has 0 bridgehead atoms.